The van der Waals surface area contributed by atoms with Gasteiger partial charge < -0.3 is 15.2 Å². The number of nitrogens with two attached hydrogens (primary N) is 1. The summed E-state index contributed by atoms with van der Waals surface area (Å²) in [5, 5.41) is 0. The van der Waals surface area contributed by atoms with Crippen molar-refractivity contribution in [3.8, 4) is 11.5 Å². The predicted octanol–water partition coefficient (Wildman–Crippen LogP) is 2.26. The Balaban J connectivity index is 3.00. The first-order chi connectivity index (χ1) is 8.54. The second-order valence-electron chi connectivity index (χ2n) is 4.35. The Bertz CT molecular complexity index is 418. The Hall–Kier alpha value is -1.55. The van der Waals surface area contributed by atoms with Crippen molar-refractivity contribution in [2.24, 2.45) is 11.7 Å². The number of ketones is 1. The van der Waals surface area contributed by atoms with Crippen molar-refractivity contribution in [1.29, 1.82) is 0 Å². The molecule has 0 aliphatic heterocycles. The summed E-state index contributed by atoms with van der Waals surface area (Å²) >= 11 is 0. The molecule has 2 unspecified atom stereocenters. The third kappa shape index (κ3) is 3.01. The third-order valence-electron chi connectivity index (χ3n) is 3.23. The fourth-order valence-electron chi connectivity index (χ4n) is 1.69. The van der Waals surface area contributed by atoms with E-state index >= 15 is 0 Å². The van der Waals surface area contributed by atoms with Crippen LogP contribution in [0.15, 0.2) is 18.2 Å². The summed E-state index contributed by atoms with van der Waals surface area (Å²) in [4.78, 5) is 12.2. The number of methoxy groups -OCH3 is 2. The van der Waals surface area contributed by atoms with Gasteiger partial charge in [0.2, 0.25) is 0 Å². The molecule has 0 radical (unpaired) electrons. The summed E-state index contributed by atoms with van der Waals surface area (Å²) in [7, 11) is 3.10. The number of hydrogen-bond donors (Lipinski definition) is 1. The Morgan fingerprint density at radius 1 is 1.28 bits per heavy atom. The van der Waals surface area contributed by atoms with E-state index in [9.17, 15) is 4.79 Å². The summed E-state index contributed by atoms with van der Waals surface area (Å²) in [5.74, 6) is 1.24. The molecular weight excluding hydrogens is 230 g/mol. The number of carbonyl (C=O) groups is 1. The summed E-state index contributed by atoms with van der Waals surface area (Å²) in [6.07, 6.45) is 0.875. The molecule has 0 aromatic heterocycles. The molecule has 1 aromatic rings. The van der Waals surface area contributed by atoms with Crippen LogP contribution in [0.1, 0.15) is 30.6 Å². The Morgan fingerprint density at radius 2 is 1.89 bits per heavy atom. The minimum Gasteiger partial charge on any atom is -0.493 e. The molecule has 0 aliphatic carbocycles. The molecule has 0 heterocycles. The molecule has 100 valence electrons. The van der Waals surface area contributed by atoms with Crippen molar-refractivity contribution in [2.75, 3.05) is 14.2 Å². The largest absolute Gasteiger partial charge is 0.493 e. The fraction of sp³-hybridized carbons (Fsp3) is 0.500. The van der Waals surface area contributed by atoms with Gasteiger partial charge in [-0.25, -0.2) is 0 Å². The zero-order valence-corrected chi connectivity index (χ0v) is 11.4. The first-order valence-electron chi connectivity index (χ1n) is 6.06. The molecule has 18 heavy (non-hydrogen) atoms. The van der Waals surface area contributed by atoms with Crippen molar-refractivity contribution in [2.45, 2.75) is 26.3 Å². The molecule has 1 rings (SSSR count). The Kier molecular flexibility index (Phi) is 5.16. The van der Waals surface area contributed by atoms with Crippen LogP contribution in [0, 0.1) is 5.92 Å². The topological polar surface area (TPSA) is 61.6 Å². The number of benzene rings is 1. The highest BCUT2D eigenvalue weighted by Gasteiger charge is 2.21. The lowest BCUT2D eigenvalue weighted by molar-refractivity contribution is 0.0934. The summed E-state index contributed by atoms with van der Waals surface area (Å²) in [5.41, 5.74) is 6.50. The van der Waals surface area contributed by atoms with Crippen LogP contribution in [0.4, 0.5) is 0 Å². The average Bonchev–Trinajstić information content (AvgIpc) is 2.43. The minimum absolute atomic E-state index is 0.0645. The number of carbonyl (C=O) groups excluding carboxylic acids is 1. The van der Waals surface area contributed by atoms with E-state index in [4.69, 9.17) is 15.2 Å². The van der Waals surface area contributed by atoms with E-state index in [0.717, 1.165) is 6.42 Å². The second-order valence-corrected chi connectivity index (χ2v) is 4.35. The lowest BCUT2D eigenvalue weighted by Crippen LogP contribution is -2.36. The fourth-order valence-corrected chi connectivity index (χ4v) is 1.69. The van der Waals surface area contributed by atoms with Gasteiger partial charge in [-0.05, 0) is 24.1 Å². The molecule has 1 aromatic carbocycles. The SMILES string of the molecule is CCC(C)C(N)C(=O)c1ccc(OC)c(OC)c1. The smallest absolute Gasteiger partial charge is 0.179 e. The number of rotatable bonds is 6. The molecule has 0 bridgehead atoms. The van der Waals surface area contributed by atoms with Gasteiger partial charge >= 0.3 is 0 Å². The molecule has 4 heteroatoms. The quantitative estimate of drug-likeness (QED) is 0.788. The van der Waals surface area contributed by atoms with Gasteiger partial charge in [0.25, 0.3) is 0 Å². The number of ether oxygens (including phenoxy) is 2. The highest BCUT2D eigenvalue weighted by Crippen LogP contribution is 2.28. The van der Waals surface area contributed by atoms with Gasteiger partial charge in [-0.1, -0.05) is 20.3 Å². The molecule has 4 nitrogen and oxygen atoms in total. The average molecular weight is 251 g/mol. The van der Waals surface area contributed by atoms with Gasteiger partial charge in [-0.2, -0.15) is 0 Å². The summed E-state index contributed by atoms with van der Waals surface area (Å²) in [6, 6.07) is 4.62. The highest BCUT2D eigenvalue weighted by atomic mass is 16.5. The Labute approximate surface area is 108 Å². The van der Waals surface area contributed by atoms with Crippen LogP contribution in [0.3, 0.4) is 0 Å². The molecule has 0 spiro atoms. The van der Waals surface area contributed by atoms with Crippen molar-refractivity contribution in [3.63, 3.8) is 0 Å². The monoisotopic (exact) mass is 251 g/mol. The van der Waals surface area contributed by atoms with Crippen LogP contribution < -0.4 is 15.2 Å². The maximum atomic E-state index is 12.2. The maximum absolute atomic E-state index is 12.2. The lowest BCUT2D eigenvalue weighted by atomic mass is 9.92. The zero-order chi connectivity index (χ0) is 13.7. The first-order valence-corrected chi connectivity index (χ1v) is 6.06. The number of hydrogen-bond acceptors (Lipinski definition) is 4. The van der Waals surface area contributed by atoms with E-state index in [1.807, 2.05) is 13.8 Å². The highest BCUT2D eigenvalue weighted by molar-refractivity contribution is 6.00. The van der Waals surface area contributed by atoms with E-state index in [1.54, 1.807) is 32.4 Å². The molecular formula is C14H21NO3. The molecule has 0 fully saturated rings. The van der Waals surface area contributed by atoms with E-state index in [0.29, 0.717) is 17.1 Å². The maximum Gasteiger partial charge on any atom is 0.179 e. The van der Waals surface area contributed by atoms with Gasteiger partial charge in [0.15, 0.2) is 17.3 Å². The standard InChI is InChI=1S/C14H21NO3/c1-5-9(2)13(15)14(16)10-6-7-11(17-3)12(8-10)18-4/h6-9,13H,5,15H2,1-4H3. The van der Waals surface area contributed by atoms with Crippen LogP contribution in [0.5, 0.6) is 11.5 Å². The van der Waals surface area contributed by atoms with Crippen LogP contribution in [0.2, 0.25) is 0 Å². The van der Waals surface area contributed by atoms with Crippen LogP contribution in [0.25, 0.3) is 0 Å². The predicted molar refractivity (Wildman–Crippen MR) is 71.3 cm³/mol. The van der Waals surface area contributed by atoms with E-state index in [-0.39, 0.29) is 11.7 Å². The lowest BCUT2D eigenvalue weighted by Gasteiger charge is -2.17. The van der Waals surface area contributed by atoms with Crippen molar-refractivity contribution >= 4 is 5.78 Å². The van der Waals surface area contributed by atoms with E-state index < -0.39 is 6.04 Å². The van der Waals surface area contributed by atoms with Gasteiger partial charge in [-0.3, -0.25) is 4.79 Å². The molecule has 0 saturated heterocycles. The van der Waals surface area contributed by atoms with E-state index in [2.05, 4.69) is 0 Å². The molecule has 0 amide bonds. The van der Waals surface area contributed by atoms with E-state index in [1.165, 1.54) is 0 Å². The zero-order valence-electron chi connectivity index (χ0n) is 11.4. The minimum atomic E-state index is -0.479. The van der Waals surface area contributed by atoms with Crippen molar-refractivity contribution in [1.82, 2.24) is 0 Å². The Morgan fingerprint density at radius 3 is 2.39 bits per heavy atom. The molecule has 0 saturated carbocycles. The third-order valence-corrected chi connectivity index (χ3v) is 3.23. The summed E-state index contributed by atoms with van der Waals surface area (Å²) in [6.45, 7) is 4.00. The van der Waals surface area contributed by atoms with Crippen molar-refractivity contribution < 1.29 is 14.3 Å². The van der Waals surface area contributed by atoms with Crippen LogP contribution >= 0.6 is 0 Å². The van der Waals surface area contributed by atoms with Gasteiger partial charge in [0.1, 0.15) is 0 Å². The molecule has 0 aliphatic rings. The number of Topliss-reactive ketones (excluding diaryl/α,β-unsaturated/α-hetero) is 1. The molecule has 2 atom stereocenters. The van der Waals surface area contributed by atoms with Gasteiger partial charge in [-0.15, -0.1) is 0 Å². The van der Waals surface area contributed by atoms with Crippen LogP contribution in [-0.2, 0) is 0 Å². The summed E-state index contributed by atoms with van der Waals surface area (Å²) < 4.78 is 10.3. The molecule has 2 N–H and O–H groups in total. The van der Waals surface area contributed by atoms with Gasteiger partial charge in [0.05, 0.1) is 20.3 Å². The second kappa shape index (κ2) is 6.40. The van der Waals surface area contributed by atoms with Gasteiger partial charge in [0, 0.05) is 5.56 Å². The first kappa shape index (κ1) is 14.5. The van der Waals surface area contributed by atoms with Crippen molar-refractivity contribution in [3.05, 3.63) is 23.8 Å². The van der Waals surface area contributed by atoms with Crippen LogP contribution in [-0.4, -0.2) is 26.0 Å². The normalized spacial score (nSPS) is 13.8.